The van der Waals surface area contributed by atoms with E-state index in [0.717, 1.165) is 22.6 Å². The summed E-state index contributed by atoms with van der Waals surface area (Å²) in [6.07, 6.45) is 8.83. The molecule has 3 rings (SSSR count). The van der Waals surface area contributed by atoms with E-state index in [0.29, 0.717) is 12.8 Å². The first-order chi connectivity index (χ1) is 12.2. The van der Waals surface area contributed by atoms with E-state index in [1.54, 1.807) is 4.68 Å². The van der Waals surface area contributed by atoms with Crippen LogP contribution in [-0.4, -0.2) is 32.7 Å². The minimum Gasteiger partial charge on any atom is -0.396 e. The summed E-state index contributed by atoms with van der Waals surface area (Å²) in [5, 5.41) is 22.7. The SMILES string of the molecule is Cc1ccccc1NC(=O)NC1=CCC(n2cc(CCO)nn2)C=C1. The molecule has 1 heterocycles. The first-order valence-corrected chi connectivity index (χ1v) is 8.19. The van der Waals surface area contributed by atoms with E-state index in [-0.39, 0.29) is 18.7 Å². The standard InChI is InChI=1S/C18H21N5O2/c1-13-4-2-3-5-17(13)20-18(25)19-14-6-8-16(9-7-14)23-12-15(10-11-24)21-22-23/h2-8,12,16,24H,9-11H2,1H3,(H2,19,20,25). The van der Waals surface area contributed by atoms with E-state index in [1.807, 2.05) is 55.6 Å². The lowest BCUT2D eigenvalue weighted by molar-refractivity contribution is 0.254. The van der Waals surface area contributed by atoms with Gasteiger partial charge in [-0.05, 0) is 31.1 Å². The van der Waals surface area contributed by atoms with Crippen molar-refractivity contribution < 1.29 is 9.90 Å². The highest BCUT2D eigenvalue weighted by Crippen LogP contribution is 2.20. The Morgan fingerprint density at radius 3 is 2.92 bits per heavy atom. The van der Waals surface area contributed by atoms with Gasteiger partial charge < -0.3 is 15.7 Å². The number of nitrogens with zero attached hydrogens (tertiary/aromatic N) is 3. The molecule has 1 aliphatic rings. The number of benzene rings is 1. The number of anilines is 1. The highest BCUT2D eigenvalue weighted by Gasteiger charge is 2.14. The molecule has 0 spiro atoms. The maximum atomic E-state index is 12.1. The van der Waals surface area contributed by atoms with Gasteiger partial charge in [-0.25, -0.2) is 9.48 Å². The maximum Gasteiger partial charge on any atom is 0.323 e. The zero-order chi connectivity index (χ0) is 17.6. The van der Waals surface area contributed by atoms with Crippen LogP contribution in [0.15, 0.2) is 54.4 Å². The monoisotopic (exact) mass is 339 g/mol. The third kappa shape index (κ3) is 4.33. The highest BCUT2D eigenvalue weighted by molar-refractivity contribution is 5.91. The number of aliphatic hydroxyl groups is 1. The summed E-state index contributed by atoms with van der Waals surface area (Å²) in [4.78, 5) is 12.1. The van der Waals surface area contributed by atoms with E-state index < -0.39 is 0 Å². The van der Waals surface area contributed by atoms with Crippen molar-refractivity contribution in [2.24, 2.45) is 0 Å². The second kappa shape index (κ2) is 7.76. The van der Waals surface area contributed by atoms with Gasteiger partial charge in [0, 0.05) is 30.6 Å². The van der Waals surface area contributed by atoms with Crippen LogP contribution in [-0.2, 0) is 6.42 Å². The van der Waals surface area contributed by atoms with Crippen LogP contribution in [0.3, 0.4) is 0 Å². The fourth-order valence-corrected chi connectivity index (χ4v) is 2.60. The molecule has 7 nitrogen and oxygen atoms in total. The number of carbonyl (C=O) groups excluding carboxylic acids is 1. The molecule has 1 atom stereocenters. The van der Waals surface area contributed by atoms with Crippen LogP contribution < -0.4 is 10.6 Å². The minimum atomic E-state index is -0.269. The molecule has 1 aromatic heterocycles. The Morgan fingerprint density at radius 2 is 2.20 bits per heavy atom. The van der Waals surface area contributed by atoms with Crippen molar-refractivity contribution in [3.05, 3.63) is 65.6 Å². The Balaban J connectivity index is 1.55. The van der Waals surface area contributed by atoms with Crippen molar-refractivity contribution in [3.8, 4) is 0 Å². The third-order valence-electron chi connectivity index (χ3n) is 3.99. The lowest BCUT2D eigenvalue weighted by Gasteiger charge is -2.17. The quantitative estimate of drug-likeness (QED) is 0.779. The van der Waals surface area contributed by atoms with Gasteiger partial charge in [-0.15, -0.1) is 5.10 Å². The summed E-state index contributed by atoms with van der Waals surface area (Å²) in [6.45, 7) is 2.01. The number of aliphatic hydroxyl groups excluding tert-OH is 1. The van der Waals surface area contributed by atoms with Gasteiger partial charge in [0.15, 0.2) is 0 Å². The molecule has 2 amide bonds. The van der Waals surface area contributed by atoms with Crippen LogP contribution in [0.2, 0.25) is 0 Å². The number of hydrogen-bond donors (Lipinski definition) is 3. The number of aryl methyl sites for hydroxylation is 1. The highest BCUT2D eigenvalue weighted by atomic mass is 16.3. The molecule has 25 heavy (non-hydrogen) atoms. The summed E-state index contributed by atoms with van der Waals surface area (Å²) in [7, 11) is 0. The van der Waals surface area contributed by atoms with Crippen molar-refractivity contribution in [1.29, 1.82) is 0 Å². The maximum absolute atomic E-state index is 12.1. The Kier molecular flexibility index (Phi) is 5.25. The van der Waals surface area contributed by atoms with Crippen molar-refractivity contribution in [2.75, 3.05) is 11.9 Å². The second-order valence-corrected chi connectivity index (χ2v) is 5.88. The lowest BCUT2D eigenvalue weighted by atomic mass is 10.1. The van der Waals surface area contributed by atoms with Crippen molar-refractivity contribution in [2.45, 2.75) is 25.8 Å². The third-order valence-corrected chi connectivity index (χ3v) is 3.99. The van der Waals surface area contributed by atoms with Crippen LogP contribution in [0.1, 0.15) is 23.7 Å². The van der Waals surface area contributed by atoms with E-state index >= 15 is 0 Å². The van der Waals surface area contributed by atoms with Crippen molar-refractivity contribution >= 4 is 11.7 Å². The fraction of sp³-hybridized carbons (Fsp3) is 0.278. The molecule has 0 saturated heterocycles. The number of para-hydroxylation sites is 1. The zero-order valence-corrected chi connectivity index (χ0v) is 14.0. The fourth-order valence-electron chi connectivity index (χ4n) is 2.60. The number of carbonyl (C=O) groups is 1. The molecule has 0 saturated carbocycles. The molecule has 2 aromatic rings. The molecule has 3 N–H and O–H groups in total. The van der Waals surface area contributed by atoms with Crippen LogP contribution in [0.4, 0.5) is 10.5 Å². The number of rotatable bonds is 5. The van der Waals surface area contributed by atoms with Gasteiger partial charge in [0.1, 0.15) is 0 Å². The normalized spacial score (nSPS) is 16.4. The summed E-state index contributed by atoms with van der Waals surface area (Å²) >= 11 is 0. The van der Waals surface area contributed by atoms with Crippen LogP contribution in [0.5, 0.6) is 0 Å². The van der Waals surface area contributed by atoms with Gasteiger partial charge >= 0.3 is 6.03 Å². The number of hydrogen-bond acceptors (Lipinski definition) is 4. The van der Waals surface area contributed by atoms with Gasteiger partial charge in [-0.2, -0.15) is 0 Å². The van der Waals surface area contributed by atoms with E-state index in [1.165, 1.54) is 0 Å². The van der Waals surface area contributed by atoms with E-state index in [4.69, 9.17) is 5.11 Å². The molecule has 130 valence electrons. The van der Waals surface area contributed by atoms with Crippen molar-refractivity contribution in [3.63, 3.8) is 0 Å². The summed E-state index contributed by atoms with van der Waals surface area (Å²) in [6, 6.07) is 7.42. The van der Waals surface area contributed by atoms with Gasteiger partial charge in [0.25, 0.3) is 0 Å². The largest absolute Gasteiger partial charge is 0.396 e. The minimum absolute atomic E-state index is 0.0587. The first kappa shape index (κ1) is 16.9. The molecule has 1 aromatic carbocycles. The zero-order valence-electron chi connectivity index (χ0n) is 14.0. The number of allylic oxidation sites excluding steroid dienone is 3. The smallest absolute Gasteiger partial charge is 0.323 e. The Bertz CT molecular complexity index is 809. The predicted octanol–water partition coefficient (Wildman–Crippen LogP) is 2.33. The molecule has 0 aliphatic heterocycles. The molecular formula is C18H21N5O2. The van der Waals surface area contributed by atoms with E-state index in [2.05, 4.69) is 20.9 Å². The molecular weight excluding hydrogens is 318 g/mol. The predicted molar refractivity (Wildman–Crippen MR) is 95.0 cm³/mol. The molecule has 7 heteroatoms. The Labute approximate surface area is 146 Å². The van der Waals surface area contributed by atoms with Gasteiger partial charge in [-0.1, -0.05) is 35.6 Å². The summed E-state index contributed by atoms with van der Waals surface area (Å²) in [5.74, 6) is 0. The molecule has 1 unspecified atom stereocenters. The van der Waals surface area contributed by atoms with Gasteiger partial charge in [-0.3, -0.25) is 0 Å². The number of aromatic nitrogens is 3. The summed E-state index contributed by atoms with van der Waals surface area (Å²) < 4.78 is 1.77. The molecule has 0 fully saturated rings. The second-order valence-electron chi connectivity index (χ2n) is 5.88. The Hall–Kier alpha value is -2.93. The van der Waals surface area contributed by atoms with Crippen LogP contribution in [0, 0.1) is 6.92 Å². The number of amides is 2. The molecule has 0 bridgehead atoms. The molecule has 0 radical (unpaired) electrons. The van der Waals surface area contributed by atoms with Gasteiger partial charge in [0.05, 0.1) is 11.7 Å². The average Bonchev–Trinajstić information content (AvgIpc) is 3.07. The first-order valence-electron chi connectivity index (χ1n) is 8.19. The average molecular weight is 339 g/mol. The van der Waals surface area contributed by atoms with Crippen molar-refractivity contribution in [1.82, 2.24) is 20.3 Å². The number of urea groups is 1. The number of nitrogens with one attached hydrogen (secondary N) is 2. The lowest BCUT2D eigenvalue weighted by Crippen LogP contribution is -2.28. The van der Waals surface area contributed by atoms with Crippen LogP contribution >= 0.6 is 0 Å². The van der Waals surface area contributed by atoms with Crippen LogP contribution in [0.25, 0.3) is 0 Å². The topological polar surface area (TPSA) is 92.1 Å². The Morgan fingerprint density at radius 1 is 1.36 bits per heavy atom. The van der Waals surface area contributed by atoms with Gasteiger partial charge in [0.2, 0.25) is 0 Å². The van der Waals surface area contributed by atoms with E-state index in [9.17, 15) is 4.79 Å². The summed E-state index contributed by atoms with van der Waals surface area (Å²) in [5.41, 5.74) is 3.31. The molecule has 1 aliphatic carbocycles.